The summed E-state index contributed by atoms with van der Waals surface area (Å²) in [5, 5.41) is 2.41. The Morgan fingerprint density at radius 2 is 1.53 bits per heavy atom. The monoisotopic (exact) mass is 496 g/mol. The SMILES string of the molecule is O=C(Nc1ccc(N2CCN(c3ncc(C(F)(F)F)cc3Cl)CC2)cc1)c1c(F)cccc1F. The second kappa shape index (κ2) is 9.46. The topological polar surface area (TPSA) is 48.5 Å². The van der Waals surface area contributed by atoms with Gasteiger partial charge < -0.3 is 15.1 Å². The van der Waals surface area contributed by atoms with Crippen molar-refractivity contribution in [2.24, 2.45) is 0 Å². The van der Waals surface area contributed by atoms with Gasteiger partial charge in [-0.3, -0.25) is 4.79 Å². The Kier molecular flexibility index (Phi) is 6.60. The standard InChI is InChI=1S/C23H18ClF5N4O/c24-17-12-14(23(27,28)29)13-30-21(17)33-10-8-32(9-11-33)16-6-4-15(5-7-16)31-22(34)20-18(25)2-1-3-19(20)26/h1-7,12-13H,8-11H2,(H,31,34). The number of carbonyl (C=O) groups is 1. The molecule has 5 nitrogen and oxygen atoms in total. The van der Waals surface area contributed by atoms with Crippen molar-refractivity contribution in [1.29, 1.82) is 0 Å². The number of aromatic nitrogens is 1. The third-order valence-electron chi connectivity index (χ3n) is 5.41. The summed E-state index contributed by atoms with van der Waals surface area (Å²) in [4.78, 5) is 20.0. The van der Waals surface area contributed by atoms with Crippen molar-refractivity contribution in [3.8, 4) is 0 Å². The number of hydrogen-bond donors (Lipinski definition) is 1. The van der Waals surface area contributed by atoms with Gasteiger partial charge in [-0.15, -0.1) is 0 Å². The van der Waals surface area contributed by atoms with Crippen LogP contribution >= 0.6 is 11.6 Å². The third kappa shape index (κ3) is 5.06. The second-order valence-corrected chi connectivity index (χ2v) is 8.01. The van der Waals surface area contributed by atoms with Crippen LogP contribution in [0.3, 0.4) is 0 Å². The van der Waals surface area contributed by atoms with E-state index in [-0.39, 0.29) is 5.02 Å². The average Bonchev–Trinajstić information content (AvgIpc) is 2.79. The number of hydrogen-bond acceptors (Lipinski definition) is 4. The van der Waals surface area contributed by atoms with Gasteiger partial charge in [0.1, 0.15) is 23.0 Å². The van der Waals surface area contributed by atoms with E-state index in [9.17, 15) is 26.7 Å². The molecule has 34 heavy (non-hydrogen) atoms. The van der Waals surface area contributed by atoms with Crippen LogP contribution < -0.4 is 15.1 Å². The number of nitrogens with one attached hydrogen (secondary N) is 1. The molecular formula is C23H18ClF5N4O. The van der Waals surface area contributed by atoms with Crippen molar-refractivity contribution in [3.05, 3.63) is 82.5 Å². The molecule has 1 amide bonds. The second-order valence-electron chi connectivity index (χ2n) is 7.60. The fourth-order valence-corrected chi connectivity index (χ4v) is 3.94. The predicted molar refractivity (Wildman–Crippen MR) is 119 cm³/mol. The summed E-state index contributed by atoms with van der Waals surface area (Å²) in [6.45, 7) is 2.10. The molecule has 1 aliphatic rings. The number of amides is 1. The van der Waals surface area contributed by atoms with Gasteiger partial charge in [0.25, 0.3) is 5.91 Å². The minimum atomic E-state index is -4.51. The summed E-state index contributed by atoms with van der Waals surface area (Å²) in [6, 6.07) is 10.8. The van der Waals surface area contributed by atoms with E-state index in [2.05, 4.69) is 15.2 Å². The van der Waals surface area contributed by atoms with E-state index in [0.717, 1.165) is 30.1 Å². The lowest BCUT2D eigenvalue weighted by atomic mass is 10.1. The predicted octanol–water partition coefficient (Wildman–Crippen LogP) is 5.61. The molecule has 0 saturated carbocycles. The van der Waals surface area contributed by atoms with Gasteiger partial charge in [-0.25, -0.2) is 13.8 Å². The maximum absolute atomic E-state index is 13.8. The summed E-state index contributed by atoms with van der Waals surface area (Å²) < 4.78 is 66.1. The van der Waals surface area contributed by atoms with Gasteiger partial charge in [0, 0.05) is 43.8 Å². The number of carbonyl (C=O) groups excluding carboxylic acids is 1. The molecule has 2 heterocycles. The molecule has 0 bridgehead atoms. The molecule has 0 atom stereocenters. The Balaban J connectivity index is 1.38. The van der Waals surface area contributed by atoms with Gasteiger partial charge in [-0.1, -0.05) is 17.7 Å². The van der Waals surface area contributed by atoms with Crippen molar-refractivity contribution in [3.63, 3.8) is 0 Å². The van der Waals surface area contributed by atoms with Crippen LogP contribution in [-0.4, -0.2) is 37.1 Å². The fraction of sp³-hybridized carbons (Fsp3) is 0.217. The van der Waals surface area contributed by atoms with E-state index in [1.807, 2.05) is 4.90 Å². The number of anilines is 3. The summed E-state index contributed by atoms with van der Waals surface area (Å²) in [6.07, 6.45) is -3.74. The maximum atomic E-state index is 13.8. The highest BCUT2D eigenvalue weighted by Crippen LogP contribution is 2.34. The molecule has 1 N–H and O–H groups in total. The molecule has 0 aliphatic carbocycles. The van der Waals surface area contributed by atoms with Gasteiger partial charge in [-0.2, -0.15) is 13.2 Å². The zero-order valence-electron chi connectivity index (χ0n) is 17.5. The van der Waals surface area contributed by atoms with Crippen LogP contribution in [0.5, 0.6) is 0 Å². The molecular weight excluding hydrogens is 479 g/mol. The Labute approximate surface area is 196 Å². The molecule has 0 radical (unpaired) electrons. The fourth-order valence-electron chi connectivity index (χ4n) is 3.66. The molecule has 1 aliphatic heterocycles. The van der Waals surface area contributed by atoms with Crippen molar-refractivity contribution < 1.29 is 26.7 Å². The summed E-state index contributed by atoms with van der Waals surface area (Å²) >= 11 is 6.05. The van der Waals surface area contributed by atoms with Crippen molar-refractivity contribution in [2.45, 2.75) is 6.18 Å². The number of benzene rings is 2. The van der Waals surface area contributed by atoms with Gasteiger partial charge >= 0.3 is 6.18 Å². The van der Waals surface area contributed by atoms with E-state index in [1.165, 1.54) is 6.07 Å². The average molecular weight is 497 g/mol. The normalized spacial score (nSPS) is 14.3. The van der Waals surface area contributed by atoms with Crippen molar-refractivity contribution in [2.75, 3.05) is 41.3 Å². The van der Waals surface area contributed by atoms with Crippen LogP contribution in [0.15, 0.2) is 54.7 Å². The number of piperazine rings is 1. The van der Waals surface area contributed by atoms with E-state index in [1.54, 1.807) is 24.3 Å². The first-order chi connectivity index (χ1) is 16.1. The molecule has 1 aromatic heterocycles. The highest BCUT2D eigenvalue weighted by molar-refractivity contribution is 6.33. The highest BCUT2D eigenvalue weighted by atomic mass is 35.5. The summed E-state index contributed by atoms with van der Waals surface area (Å²) in [7, 11) is 0. The maximum Gasteiger partial charge on any atom is 0.417 e. The molecule has 0 spiro atoms. The first-order valence-electron chi connectivity index (χ1n) is 10.2. The zero-order valence-corrected chi connectivity index (χ0v) is 18.3. The van der Waals surface area contributed by atoms with Gasteiger partial charge in [0.05, 0.1) is 10.6 Å². The molecule has 0 unspecified atom stereocenters. The molecule has 1 fully saturated rings. The quantitative estimate of drug-likeness (QED) is 0.477. The Morgan fingerprint density at radius 3 is 2.09 bits per heavy atom. The molecule has 11 heteroatoms. The summed E-state index contributed by atoms with van der Waals surface area (Å²) in [5.74, 6) is -2.49. The number of rotatable bonds is 4. The van der Waals surface area contributed by atoms with E-state index < -0.39 is 34.8 Å². The number of nitrogens with zero attached hydrogens (tertiary/aromatic N) is 3. The number of alkyl halides is 3. The summed E-state index contributed by atoms with van der Waals surface area (Å²) in [5.41, 5.74) is -0.333. The smallest absolute Gasteiger partial charge is 0.368 e. The minimum Gasteiger partial charge on any atom is -0.368 e. The zero-order chi connectivity index (χ0) is 24.5. The third-order valence-corrected chi connectivity index (χ3v) is 5.69. The van der Waals surface area contributed by atoms with Crippen LogP contribution in [0.25, 0.3) is 0 Å². The van der Waals surface area contributed by atoms with Crippen LogP contribution in [0.4, 0.5) is 39.1 Å². The molecule has 4 rings (SSSR count). The van der Waals surface area contributed by atoms with Gasteiger partial charge in [-0.05, 0) is 42.5 Å². The van der Waals surface area contributed by atoms with Crippen molar-refractivity contribution in [1.82, 2.24) is 4.98 Å². The molecule has 3 aromatic rings. The van der Waals surface area contributed by atoms with Crippen LogP contribution in [0, 0.1) is 11.6 Å². The minimum absolute atomic E-state index is 0.0605. The molecule has 2 aromatic carbocycles. The lowest BCUT2D eigenvalue weighted by Gasteiger charge is -2.37. The van der Waals surface area contributed by atoms with E-state index >= 15 is 0 Å². The van der Waals surface area contributed by atoms with Crippen LogP contribution in [0.2, 0.25) is 5.02 Å². The largest absolute Gasteiger partial charge is 0.417 e. The van der Waals surface area contributed by atoms with Crippen LogP contribution in [0.1, 0.15) is 15.9 Å². The highest BCUT2D eigenvalue weighted by Gasteiger charge is 2.32. The molecule has 1 saturated heterocycles. The molecule has 178 valence electrons. The van der Waals surface area contributed by atoms with E-state index in [0.29, 0.717) is 37.7 Å². The van der Waals surface area contributed by atoms with Crippen LogP contribution in [-0.2, 0) is 6.18 Å². The van der Waals surface area contributed by atoms with Gasteiger partial charge in [0.15, 0.2) is 0 Å². The lowest BCUT2D eigenvalue weighted by Crippen LogP contribution is -2.47. The van der Waals surface area contributed by atoms with E-state index in [4.69, 9.17) is 11.6 Å². The first-order valence-corrected chi connectivity index (χ1v) is 10.6. The lowest BCUT2D eigenvalue weighted by molar-refractivity contribution is -0.137. The van der Waals surface area contributed by atoms with Gasteiger partial charge in [0.2, 0.25) is 0 Å². The Hall–Kier alpha value is -3.40. The van der Waals surface area contributed by atoms with Crippen molar-refractivity contribution >= 4 is 34.7 Å². The Morgan fingerprint density at radius 1 is 0.941 bits per heavy atom. The Bertz CT molecular complexity index is 1170. The number of halogens is 6. The number of pyridine rings is 1. The first kappa shape index (κ1) is 23.7.